The Labute approximate surface area is 149 Å². The van der Waals surface area contributed by atoms with Crippen molar-refractivity contribution >= 4 is 35.0 Å². The van der Waals surface area contributed by atoms with Gasteiger partial charge in [0.05, 0.1) is 5.56 Å². The monoisotopic (exact) mass is 352 g/mol. The van der Waals surface area contributed by atoms with Gasteiger partial charge in [-0.05, 0) is 30.3 Å². The van der Waals surface area contributed by atoms with Gasteiger partial charge in [-0.15, -0.1) is 0 Å². The molecular weight excluding hydrogens is 336 g/mol. The average molecular weight is 352 g/mol. The van der Waals surface area contributed by atoms with Gasteiger partial charge in [-0.2, -0.15) is 0 Å². The van der Waals surface area contributed by atoms with Gasteiger partial charge < -0.3 is 10.6 Å². The molecule has 1 aliphatic rings. The van der Waals surface area contributed by atoms with E-state index in [9.17, 15) is 19.2 Å². The van der Waals surface area contributed by atoms with Crippen LogP contribution in [0, 0.1) is 0 Å². The van der Waals surface area contributed by atoms with Crippen LogP contribution in [0.5, 0.6) is 0 Å². The first-order chi connectivity index (χ1) is 12.5. The summed E-state index contributed by atoms with van der Waals surface area (Å²) in [7, 11) is 0. The minimum atomic E-state index is -0.494. The molecule has 0 saturated heterocycles. The lowest BCUT2D eigenvalue weighted by Gasteiger charge is -2.13. The summed E-state index contributed by atoms with van der Waals surface area (Å²) in [5.41, 5.74) is 1.42. The molecule has 0 saturated carbocycles. The third-order valence-electron chi connectivity index (χ3n) is 3.76. The number of carbonyl (C=O) groups is 4. The van der Waals surface area contributed by atoms with Crippen molar-refractivity contribution in [3.8, 4) is 0 Å². The number of carbonyl (C=O) groups excluding carboxylic acids is 4. The first kappa shape index (κ1) is 17.3. The van der Waals surface area contributed by atoms with E-state index in [2.05, 4.69) is 15.6 Å². The third-order valence-corrected chi connectivity index (χ3v) is 3.76. The van der Waals surface area contributed by atoms with Gasteiger partial charge in [-0.25, -0.2) is 0 Å². The fourth-order valence-electron chi connectivity index (χ4n) is 2.63. The zero-order chi connectivity index (χ0) is 18.7. The molecule has 132 valence electrons. The molecule has 1 aromatic carbocycles. The zero-order valence-corrected chi connectivity index (χ0v) is 14.0. The Bertz CT molecular complexity index is 875. The maximum atomic E-state index is 12.2. The van der Waals surface area contributed by atoms with E-state index < -0.39 is 11.8 Å². The third kappa shape index (κ3) is 3.59. The SMILES string of the molecule is CC(=O)Nc1cccc(NC(=O)CCN2C(=O)c3cccnc3C2=O)c1. The maximum absolute atomic E-state index is 12.2. The number of fused-ring (bicyclic) bond motifs is 1. The Morgan fingerprint density at radius 1 is 1.04 bits per heavy atom. The number of benzene rings is 1. The van der Waals surface area contributed by atoms with Gasteiger partial charge in [0.15, 0.2) is 0 Å². The molecule has 1 aromatic heterocycles. The van der Waals surface area contributed by atoms with Crippen LogP contribution in [-0.2, 0) is 9.59 Å². The van der Waals surface area contributed by atoms with E-state index in [0.29, 0.717) is 11.4 Å². The number of amides is 4. The standard InChI is InChI=1S/C18H16N4O4/c1-11(23)20-12-4-2-5-13(10-12)21-15(24)7-9-22-17(25)14-6-3-8-19-16(14)18(22)26/h2-6,8,10H,7,9H2,1H3,(H,20,23)(H,21,24). The molecule has 26 heavy (non-hydrogen) atoms. The largest absolute Gasteiger partial charge is 0.326 e. The number of imide groups is 1. The van der Waals surface area contributed by atoms with Crippen LogP contribution in [0.4, 0.5) is 11.4 Å². The van der Waals surface area contributed by atoms with Crippen molar-refractivity contribution < 1.29 is 19.2 Å². The lowest BCUT2D eigenvalue weighted by atomic mass is 10.2. The summed E-state index contributed by atoms with van der Waals surface area (Å²) in [6.45, 7) is 1.35. The highest BCUT2D eigenvalue weighted by Gasteiger charge is 2.36. The fourth-order valence-corrected chi connectivity index (χ4v) is 2.63. The molecule has 0 aliphatic carbocycles. The number of nitrogens with zero attached hydrogens (tertiary/aromatic N) is 2. The summed E-state index contributed by atoms with van der Waals surface area (Å²) in [6.07, 6.45) is 1.40. The van der Waals surface area contributed by atoms with Crippen LogP contribution in [-0.4, -0.2) is 40.1 Å². The molecule has 0 radical (unpaired) electrons. The number of rotatable bonds is 5. The molecule has 8 nitrogen and oxygen atoms in total. The molecule has 1 aliphatic heterocycles. The molecule has 2 N–H and O–H groups in total. The zero-order valence-electron chi connectivity index (χ0n) is 14.0. The molecule has 2 heterocycles. The minimum Gasteiger partial charge on any atom is -0.326 e. The number of aromatic nitrogens is 1. The lowest BCUT2D eigenvalue weighted by Crippen LogP contribution is -2.33. The highest BCUT2D eigenvalue weighted by Crippen LogP contribution is 2.21. The van der Waals surface area contributed by atoms with Gasteiger partial charge in [0.25, 0.3) is 11.8 Å². The first-order valence-electron chi connectivity index (χ1n) is 7.94. The number of pyridine rings is 1. The summed E-state index contributed by atoms with van der Waals surface area (Å²) in [4.78, 5) is 52.6. The van der Waals surface area contributed by atoms with Crippen LogP contribution in [0.2, 0.25) is 0 Å². The summed E-state index contributed by atoms with van der Waals surface area (Å²) in [5, 5.41) is 5.30. The van der Waals surface area contributed by atoms with Crippen molar-refractivity contribution in [2.75, 3.05) is 17.2 Å². The van der Waals surface area contributed by atoms with Crippen molar-refractivity contribution in [3.05, 3.63) is 53.9 Å². The number of nitrogens with one attached hydrogen (secondary N) is 2. The van der Waals surface area contributed by atoms with Crippen molar-refractivity contribution in [3.63, 3.8) is 0 Å². The van der Waals surface area contributed by atoms with Gasteiger partial charge in [0, 0.05) is 37.5 Å². The van der Waals surface area contributed by atoms with E-state index in [1.807, 2.05) is 0 Å². The number of hydrogen-bond acceptors (Lipinski definition) is 5. The molecule has 4 amide bonds. The summed E-state index contributed by atoms with van der Waals surface area (Å²) in [6, 6.07) is 9.80. The molecular formula is C18H16N4O4. The Morgan fingerprint density at radius 3 is 2.46 bits per heavy atom. The van der Waals surface area contributed by atoms with E-state index in [0.717, 1.165) is 4.90 Å². The van der Waals surface area contributed by atoms with Gasteiger partial charge >= 0.3 is 0 Å². The van der Waals surface area contributed by atoms with E-state index >= 15 is 0 Å². The Kier molecular flexibility index (Phi) is 4.74. The number of anilines is 2. The predicted molar refractivity (Wildman–Crippen MR) is 93.6 cm³/mol. The molecule has 0 unspecified atom stereocenters. The van der Waals surface area contributed by atoms with Crippen molar-refractivity contribution in [1.82, 2.24) is 9.88 Å². The summed E-state index contributed by atoms with van der Waals surface area (Å²) >= 11 is 0. The second-order valence-corrected chi connectivity index (χ2v) is 5.72. The van der Waals surface area contributed by atoms with E-state index in [-0.39, 0.29) is 36.0 Å². The van der Waals surface area contributed by atoms with Gasteiger partial charge in [0.1, 0.15) is 5.69 Å². The molecule has 0 atom stereocenters. The van der Waals surface area contributed by atoms with Crippen LogP contribution in [0.3, 0.4) is 0 Å². The quantitative estimate of drug-likeness (QED) is 0.796. The minimum absolute atomic E-state index is 0.0365. The van der Waals surface area contributed by atoms with E-state index in [1.165, 1.54) is 19.2 Å². The van der Waals surface area contributed by atoms with Crippen molar-refractivity contribution in [2.45, 2.75) is 13.3 Å². The van der Waals surface area contributed by atoms with E-state index in [4.69, 9.17) is 0 Å². The molecule has 0 fully saturated rings. The Balaban J connectivity index is 1.59. The predicted octanol–water partition coefficient (Wildman–Crippen LogP) is 1.66. The summed E-state index contributed by atoms with van der Waals surface area (Å²) in [5.74, 6) is -1.51. The van der Waals surface area contributed by atoms with Crippen LogP contribution >= 0.6 is 0 Å². The molecule has 0 spiro atoms. The highest BCUT2D eigenvalue weighted by atomic mass is 16.2. The number of hydrogen-bond donors (Lipinski definition) is 2. The van der Waals surface area contributed by atoms with Crippen LogP contribution < -0.4 is 10.6 Å². The fraction of sp³-hybridized carbons (Fsp3) is 0.167. The first-order valence-corrected chi connectivity index (χ1v) is 7.94. The summed E-state index contributed by atoms with van der Waals surface area (Å²) < 4.78 is 0. The topological polar surface area (TPSA) is 108 Å². The Morgan fingerprint density at radius 2 is 1.77 bits per heavy atom. The lowest BCUT2D eigenvalue weighted by molar-refractivity contribution is -0.116. The molecule has 2 aromatic rings. The van der Waals surface area contributed by atoms with Crippen molar-refractivity contribution in [2.24, 2.45) is 0 Å². The highest BCUT2D eigenvalue weighted by molar-refractivity contribution is 6.20. The van der Waals surface area contributed by atoms with Crippen molar-refractivity contribution in [1.29, 1.82) is 0 Å². The normalized spacial score (nSPS) is 12.7. The second kappa shape index (κ2) is 7.14. The average Bonchev–Trinajstić information content (AvgIpc) is 2.84. The molecule has 0 bridgehead atoms. The second-order valence-electron chi connectivity index (χ2n) is 5.72. The molecule has 3 rings (SSSR count). The van der Waals surface area contributed by atoms with Gasteiger partial charge in [-0.1, -0.05) is 6.07 Å². The maximum Gasteiger partial charge on any atom is 0.280 e. The molecule has 8 heteroatoms. The smallest absolute Gasteiger partial charge is 0.280 e. The van der Waals surface area contributed by atoms with Gasteiger partial charge in [0.2, 0.25) is 11.8 Å². The van der Waals surface area contributed by atoms with Crippen LogP contribution in [0.25, 0.3) is 0 Å². The van der Waals surface area contributed by atoms with Crippen LogP contribution in [0.1, 0.15) is 34.2 Å². The van der Waals surface area contributed by atoms with E-state index in [1.54, 1.807) is 30.3 Å². The van der Waals surface area contributed by atoms with Gasteiger partial charge in [-0.3, -0.25) is 29.1 Å². The Hall–Kier alpha value is -3.55. The van der Waals surface area contributed by atoms with Crippen LogP contribution in [0.15, 0.2) is 42.6 Å².